The third kappa shape index (κ3) is 1.16. The van der Waals surface area contributed by atoms with Gasteiger partial charge in [0.2, 0.25) is 5.91 Å². The van der Waals surface area contributed by atoms with Crippen LogP contribution in [0.4, 0.5) is 0 Å². The Balaban J connectivity index is 2.32. The highest BCUT2D eigenvalue weighted by molar-refractivity contribution is 7.52. The largest absolute Gasteiger partial charge is 0.437 e. The normalized spacial score (nSPS) is 30.4. The lowest BCUT2D eigenvalue weighted by atomic mass is 10.1. The summed E-state index contributed by atoms with van der Waals surface area (Å²) in [6, 6.07) is -0.127. The summed E-state index contributed by atoms with van der Waals surface area (Å²) in [6.45, 7) is 0. The first kappa shape index (κ1) is 9.90. The fraction of sp³-hybridized carbons (Fsp3) is 0.625. The number of rotatable bonds is 3. The predicted octanol–water partition coefficient (Wildman–Crippen LogP) is 1.17. The van der Waals surface area contributed by atoms with Crippen molar-refractivity contribution < 1.29 is 18.4 Å². The number of carbonyl (C=O) groups excluding carboxylic acids is 1. The van der Waals surface area contributed by atoms with Crippen LogP contribution in [0.3, 0.4) is 0 Å². The highest BCUT2D eigenvalue weighted by Gasteiger charge is 2.50. The van der Waals surface area contributed by atoms with Gasteiger partial charge in [0.05, 0.1) is 12.0 Å². The first-order valence-electron chi connectivity index (χ1n) is 4.36. The third-order valence-corrected chi connectivity index (χ3v) is 4.59. The Morgan fingerprint density at radius 1 is 1.43 bits per heavy atom. The Bertz CT molecular complexity index is 332. The van der Waals surface area contributed by atoms with E-state index in [1.807, 2.05) is 12.2 Å². The molecule has 1 heterocycles. The van der Waals surface area contributed by atoms with Gasteiger partial charge >= 0.3 is 7.75 Å². The zero-order chi connectivity index (χ0) is 10.3. The number of hydrogen-bond acceptors (Lipinski definition) is 4. The lowest BCUT2D eigenvalue weighted by Gasteiger charge is -2.29. The van der Waals surface area contributed by atoms with Gasteiger partial charge < -0.3 is 0 Å². The molecule has 2 aliphatic rings. The average Bonchev–Trinajstić information content (AvgIpc) is 2.77. The van der Waals surface area contributed by atoms with Crippen molar-refractivity contribution >= 4 is 13.7 Å². The van der Waals surface area contributed by atoms with Crippen molar-refractivity contribution in [3.8, 4) is 0 Å². The molecule has 14 heavy (non-hydrogen) atoms. The van der Waals surface area contributed by atoms with Crippen LogP contribution in [-0.4, -0.2) is 30.8 Å². The molecular weight excluding hydrogens is 205 g/mol. The first-order valence-corrected chi connectivity index (χ1v) is 5.85. The number of carbonyl (C=O) groups is 1. The molecule has 1 amide bonds. The predicted molar refractivity (Wildman–Crippen MR) is 49.5 cm³/mol. The quantitative estimate of drug-likeness (QED) is 0.526. The molecule has 78 valence electrons. The van der Waals surface area contributed by atoms with E-state index in [2.05, 4.69) is 0 Å². The molecule has 5 nitrogen and oxygen atoms in total. The summed E-state index contributed by atoms with van der Waals surface area (Å²) in [6.07, 6.45) is 4.41. The first-order chi connectivity index (χ1) is 6.62. The summed E-state index contributed by atoms with van der Waals surface area (Å²) in [5.41, 5.74) is 0. The highest BCUT2D eigenvalue weighted by atomic mass is 31.2. The third-order valence-electron chi connectivity index (χ3n) is 2.64. The van der Waals surface area contributed by atoms with Crippen molar-refractivity contribution in [2.45, 2.75) is 12.5 Å². The second-order valence-corrected chi connectivity index (χ2v) is 5.41. The molecule has 1 aliphatic heterocycles. The van der Waals surface area contributed by atoms with Crippen molar-refractivity contribution in [2.24, 2.45) is 5.92 Å². The molecule has 0 aromatic heterocycles. The number of hydrogen-bond donors (Lipinski definition) is 0. The van der Waals surface area contributed by atoms with E-state index in [1.165, 1.54) is 18.9 Å². The smallest absolute Gasteiger partial charge is 0.295 e. The van der Waals surface area contributed by atoms with Gasteiger partial charge in [0.15, 0.2) is 0 Å². The van der Waals surface area contributed by atoms with Gasteiger partial charge in [-0.25, -0.2) is 9.24 Å². The molecule has 0 aromatic carbocycles. The van der Waals surface area contributed by atoms with Crippen LogP contribution in [0.2, 0.25) is 0 Å². The van der Waals surface area contributed by atoms with Crippen molar-refractivity contribution in [3.63, 3.8) is 0 Å². The standard InChI is InChI=1S/C8H12NO4P/c1-12-14(11,13-2)9-7-4-3-6(5-7)8(9)10/h3-4,6-7H,5H2,1-2H3. The molecule has 2 bridgehead atoms. The van der Waals surface area contributed by atoms with Gasteiger partial charge in [-0.15, -0.1) is 0 Å². The number of fused-ring (bicyclic) bond motifs is 2. The Hall–Kier alpha value is -0.640. The van der Waals surface area contributed by atoms with Crippen LogP contribution >= 0.6 is 7.75 Å². The summed E-state index contributed by atoms with van der Waals surface area (Å²) in [4.78, 5) is 11.7. The van der Waals surface area contributed by atoms with Crippen LogP contribution in [-0.2, 0) is 18.4 Å². The molecule has 0 radical (unpaired) electrons. The maximum absolute atomic E-state index is 12.0. The molecule has 0 aromatic rings. The summed E-state index contributed by atoms with van der Waals surface area (Å²) >= 11 is 0. The Labute approximate surface area is 82.3 Å². The molecule has 2 unspecified atom stereocenters. The van der Waals surface area contributed by atoms with Gasteiger partial charge in [0.1, 0.15) is 0 Å². The van der Waals surface area contributed by atoms with Gasteiger partial charge in [-0.2, -0.15) is 0 Å². The van der Waals surface area contributed by atoms with Crippen molar-refractivity contribution in [2.75, 3.05) is 14.2 Å². The lowest BCUT2D eigenvalue weighted by Crippen LogP contribution is -2.32. The molecule has 0 spiro atoms. The second kappa shape index (κ2) is 3.19. The molecule has 0 saturated carbocycles. The van der Waals surface area contributed by atoms with Gasteiger partial charge in [-0.1, -0.05) is 12.2 Å². The van der Waals surface area contributed by atoms with Crippen LogP contribution in [0.1, 0.15) is 6.42 Å². The van der Waals surface area contributed by atoms with Crippen LogP contribution in [0.5, 0.6) is 0 Å². The van der Waals surface area contributed by atoms with Crippen molar-refractivity contribution in [3.05, 3.63) is 12.2 Å². The summed E-state index contributed by atoms with van der Waals surface area (Å²) in [7, 11) is -0.825. The van der Waals surface area contributed by atoms with Crippen molar-refractivity contribution in [1.29, 1.82) is 0 Å². The van der Waals surface area contributed by atoms with E-state index in [4.69, 9.17) is 9.05 Å². The maximum atomic E-state index is 12.0. The molecule has 0 N–H and O–H groups in total. The van der Waals surface area contributed by atoms with E-state index in [9.17, 15) is 9.36 Å². The minimum Gasteiger partial charge on any atom is -0.295 e. The monoisotopic (exact) mass is 217 g/mol. The van der Waals surface area contributed by atoms with E-state index in [0.29, 0.717) is 6.42 Å². The molecule has 1 saturated heterocycles. The van der Waals surface area contributed by atoms with Gasteiger partial charge in [-0.3, -0.25) is 13.8 Å². The summed E-state index contributed by atoms with van der Waals surface area (Å²) < 4.78 is 22.8. The second-order valence-electron chi connectivity index (χ2n) is 3.31. The molecule has 6 heteroatoms. The number of amides is 1. The topological polar surface area (TPSA) is 55.8 Å². The fourth-order valence-corrected chi connectivity index (χ4v) is 3.36. The van der Waals surface area contributed by atoms with Crippen LogP contribution in [0, 0.1) is 5.92 Å². The molecule has 2 rings (SSSR count). The van der Waals surface area contributed by atoms with Gasteiger partial charge in [0.25, 0.3) is 0 Å². The van der Waals surface area contributed by atoms with E-state index in [-0.39, 0.29) is 17.9 Å². The average molecular weight is 217 g/mol. The zero-order valence-electron chi connectivity index (χ0n) is 8.04. The van der Waals surface area contributed by atoms with Crippen LogP contribution in [0.25, 0.3) is 0 Å². The van der Waals surface area contributed by atoms with Crippen molar-refractivity contribution in [1.82, 2.24) is 4.67 Å². The summed E-state index contributed by atoms with van der Waals surface area (Å²) in [5.74, 6) is -0.303. The molecule has 2 atom stereocenters. The minimum atomic E-state index is -3.39. The lowest BCUT2D eigenvalue weighted by molar-refractivity contribution is -0.127. The van der Waals surface area contributed by atoms with Crippen LogP contribution in [0.15, 0.2) is 12.2 Å². The molecule has 1 fully saturated rings. The Morgan fingerprint density at radius 3 is 2.50 bits per heavy atom. The zero-order valence-corrected chi connectivity index (χ0v) is 8.94. The SMILES string of the molecule is COP(=O)(OC)N1C(=O)C2C=CC1C2. The van der Waals surface area contributed by atoms with Gasteiger partial charge in [-0.05, 0) is 6.42 Å². The maximum Gasteiger partial charge on any atom is 0.437 e. The summed E-state index contributed by atoms with van der Waals surface area (Å²) in [5, 5.41) is 0. The highest BCUT2D eigenvalue weighted by Crippen LogP contribution is 2.57. The van der Waals surface area contributed by atoms with Gasteiger partial charge in [0, 0.05) is 14.2 Å². The van der Waals surface area contributed by atoms with E-state index in [0.717, 1.165) is 0 Å². The number of nitrogens with zero attached hydrogens (tertiary/aromatic N) is 1. The Morgan fingerprint density at radius 2 is 2.07 bits per heavy atom. The van der Waals surface area contributed by atoms with Crippen LogP contribution < -0.4 is 0 Å². The van der Waals surface area contributed by atoms with E-state index >= 15 is 0 Å². The molecule has 1 aliphatic carbocycles. The minimum absolute atomic E-state index is 0.127. The van der Waals surface area contributed by atoms with E-state index < -0.39 is 7.75 Å². The van der Waals surface area contributed by atoms with E-state index in [1.54, 1.807) is 0 Å². The fourth-order valence-electron chi connectivity index (χ4n) is 1.93. The Kier molecular flexibility index (Phi) is 2.26. The molecular formula is C8H12NO4P.